The van der Waals surface area contributed by atoms with Crippen molar-refractivity contribution < 1.29 is 27.9 Å². The zero-order valence-electron chi connectivity index (χ0n) is 18.7. The molecule has 0 aromatic heterocycles. The third-order valence-electron chi connectivity index (χ3n) is 5.61. The molecule has 4 N–H and O–H groups in total. The van der Waals surface area contributed by atoms with Crippen LogP contribution < -0.4 is 20.1 Å². The van der Waals surface area contributed by atoms with Gasteiger partial charge in [0, 0.05) is 12.6 Å². The van der Waals surface area contributed by atoms with E-state index in [1.807, 2.05) is 4.72 Å². The number of hydrogen-bond donors (Lipinski definition) is 4. The van der Waals surface area contributed by atoms with Crippen LogP contribution in [0.3, 0.4) is 0 Å². The summed E-state index contributed by atoms with van der Waals surface area (Å²) in [5.74, 6) is 0.00140. The van der Waals surface area contributed by atoms with Crippen LogP contribution in [0.5, 0.6) is 5.75 Å². The Bertz CT molecular complexity index is 1120. The number of ether oxygens (including phenoxy) is 1. The van der Waals surface area contributed by atoms with Crippen LogP contribution in [0.2, 0.25) is 5.02 Å². The van der Waals surface area contributed by atoms with E-state index in [1.165, 1.54) is 19.2 Å². The first kappa shape index (κ1) is 25.8. The largest absolute Gasteiger partial charge is 0.496 e. The number of halogens is 1. The molecule has 0 aliphatic heterocycles. The Balaban J connectivity index is 1.51. The second-order valence-corrected chi connectivity index (χ2v) is 10.1. The molecule has 9 nitrogen and oxygen atoms in total. The van der Waals surface area contributed by atoms with Crippen molar-refractivity contribution in [2.45, 2.75) is 49.1 Å². The molecule has 0 heterocycles. The first-order valence-corrected chi connectivity index (χ1v) is 12.8. The monoisotopic (exact) mass is 509 g/mol. The number of methoxy groups -OCH3 is 1. The number of aliphatic hydroxyl groups excluding tert-OH is 1. The van der Waals surface area contributed by atoms with Gasteiger partial charge in [-0.1, -0.05) is 29.8 Å². The number of urea groups is 1. The van der Waals surface area contributed by atoms with Crippen molar-refractivity contribution in [1.29, 1.82) is 0 Å². The van der Waals surface area contributed by atoms with E-state index in [1.54, 1.807) is 30.3 Å². The van der Waals surface area contributed by atoms with Gasteiger partial charge in [-0.25, -0.2) is 17.9 Å². The van der Waals surface area contributed by atoms with Crippen molar-refractivity contribution in [1.82, 2.24) is 15.4 Å². The van der Waals surface area contributed by atoms with E-state index in [2.05, 4.69) is 10.6 Å². The van der Waals surface area contributed by atoms with E-state index >= 15 is 0 Å². The molecule has 1 aliphatic rings. The van der Waals surface area contributed by atoms with Crippen molar-refractivity contribution >= 4 is 33.6 Å². The number of sulfonamides is 1. The van der Waals surface area contributed by atoms with Gasteiger partial charge in [0.15, 0.2) is 0 Å². The van der Waals surface area contributed by atoms with E-state index in [-0.39, 0.29) is 33.5 Å². The van der Waals surface area contributed by atoms with E-state index in [0.717, 1.165) is 5.56 Å². The van der Waals surface area contributed by atoms with Crippen LogP contribution in [0.25, 0.3) is 0 Å². The Hall–Kier alpha value is -2.82. The van der Waals surface area contributed by atoms with Crippen LogP contribution in [-0.4, -0.2) is 51.3 Å². The summed E-state index contributed by atoms with van der Waals surface area (Å²) in [7, 11) is -2.57. The Labute approximate surface area is 203 Å². The van der Waals surface area contributed by atoms with Crippen LogP contribution in [0.1, 0.15) is 41.6 Å². The van der Waals surface area contributed by atoms with Crippen LogP contribution in [0.15, 0.2) is 47.4 Å². The van der Waals surface area contributed by atoms with E-state index in [0.29, 0.717) is 44.4 Å². The molecule has 2 aromatic carbocycles. The number of carbonyl (C=O) groups is 2. The summed E-state index contributed by atoms with van der Waals surface area (Å²) in [6, 6.07) is 10.0. The minimum absolute atomic E-state index is 0.0460. The molecule has 0 bridgehead atoms. The van der Waals surface area contributed by atoms with Gasteiger partial charge in [-0.3, -0.25) is 4.79 Å². The highest BCUT2D eigenvalue weighted by Gasteiger charge is 2.23. The van der Waals surface area contributed by atoms with Gasteiger partial charge in [0.25, 0.3) is 15.9 Å². The minimum Gasteiger partial charge on any atom is -0.496 e. The number of amides is 3. The molecular formula is C23H28ClN3O6S. The zero-order valence-corrected chi connectivity index (χ0v) is 20.3. The Morgan fingerprint density at radius 1 is 1.09 bits per heavy atom. The second-order valence-electron chi connectivity index (χ2n) is 8.05. The Kier molecular flexibility index (Phi) is 8.76. The molecule has 1 saturated carbocycles. The van der Waals surface area contributed by atoms with Crippen molar-refractivity contribution in [3.8, 4) is 5.75 Å². The lowest BCUT2D eigenvalue weighted by Crippen LogP contribution is -2.46. The molecule has 0 spiro atoms. The van der Waals surface area contributed by atoms with Gasteiger partial charge in [-0.2, -0.15) is 0 Å². The van der Waals surface area contributed by atoms with Crippen LogP contribution in [0, 0.1) is 0 Å². The number of nitrogens with one attached hydrogen (secondary N) is 3. The summed E-state index contributed by atoms with van der Waals surface area (Å²) in [6.45, 7) is 0.302. The van der Waals surface area contributed by atoms with E-state index in [4.69, 9.17) is 16.3 Å². The van der Waals surface area contributed by atoms with E-state index < -0.39 is 16.1 Å². The molecule has 184 valence electrons. The fourth-order valence-electron chi connectivity index (χ4n) is 3.75. The number of benzene rings is 2. The molecule has 3 rings (SSSR count). The van der Waals surface area contributed by atoms with Crippen molar-refractivity contribution in [2.24, 2.45) is 0 Å². The molecule has 0 unspecified atom stereocenters. The van der Waals surface area contributed by atoms with Crippen LogP contribution in [-0.2, 0) is 16.4 Å². The Morgan fingerprint density at radius 3 is 2.41 bits per heavy atom. The highest BCUT2D eigenvalue weighted by atomic mass is 35.5. The smallest absolute Gasteiger partial charge is 0.328 e. The average molecular weight is 510 g/mol. The molecule has 34 heavy (non-hydrogen) atoms. The van der Waals surface area contributed by atoms with Crippen molar-refractivity contribution in [3.63, 3.8) is 0 Å². The van der Waals surface area contributed by atoms with Crippen LogP contribution in [0.4, 0.5) is 4.79 Å². The maximum absolute atomic E-state index is 12.5. The topological polar surface area (TPSA) is 134 Å². The molecule has 11 heteroatoms. The van der Waals surface area contributed by atoms with Gasteiger partial charge < -0.3 is 20.5 Å². The maximum atomic E-state index is 12.5. The first-order valence-electron chi connectivity index (χ1n) is 10.9. The summed E-state index contributed by atoms with van der Waals surface area (Å²) >= 11 is 6.11. The normalized spacial score (nSPS) is 18.1. The van der Waals surface area contributed by atoms with Crippen molar-refractivity contribution in [3.05, 3.63) is 58.6 Å². The maximum Gasteiger partial charge on any atom is 0.328 e. The molecule has 1 fully saturated rings. The van der Waals surface area contributed by atoms with Gasteiger partial charge in [-0.15, -0.1) is 0 Å². The molecular weight excluding hydrogens is 482 g/mol. The third kappa shape index (κ3) is 6.85. The van der Waals surface area contributed by atoms with Crippen molar-refractivity contribution in [2.75, 3.05) is 13.7 Å². The fourth-order valence-corrected chi connectivity index (χ4v) is 4.92. The van der Waals surface area contributed by atoms with Gasteiger partial charge in [0.2, 0.25) is 0 Å². The summed E-state index contributed by atoms with van der Waals surface area (Å²) in [6.07, 6.45) is 2.44. The number of hydrogen-bond acceptors (Lipinski definition) is 6. The summed E-state index contributed by atoms with van der Waals surface area (Å²) in [5.41, 5.74) is 1.05. The number of rotatable bonds is 8. The summed E-state index contributed by atoms with van der Waals surface area (Å²) in [4.78, 5) is 24.5. The standard InChI is InChI=1S/C23H28ClN3O6S/c1-33-20-4-2-3-19(24)21(20)22(29)25-14-13-15-5-11-18(12-6-15)34(31,32)27-23(30)26-16-7-9-17(28)10-8-16/h2-6,11-12,16-17,28H,7-10,13-14H2,1H3,(H,25,29)(H2,26,27,30). The molecule has 2 aromatic rings. The molecule has 1 aliphatic carbocycles. The summed E-state index contributed by atoms with van der Waals surface area (Å²) < 4.78 is 32.2. The SMILES string of the molecule is COc1cccc(Cl)c1C(=O)NCCc1ccc(S(=O)(=O)NC(=O)NC2CCC(O)CC2)cc1. The third-order valence-corrected chi connectivity index (χ3v) is 7.28. The van der Waals surface area contributed by atoms with E-state index in [9.17, 15) is 23.1 Å². The lowest BCUT2D eigenvalue weighted by atomic mass is 9.93. The average Bonchev–Trinajstić information content (AvgIpc) is 2.80. The highest BCUT2D eigenvalue weighted by molar-refractivity contribution is 7.90. The lowest BCUT2D eigenvalue weighted by Gasteiger charge is -2.26. The van der Waals surface area contributed by atoms with Crippen LogP contribution >= 0.6 is 11.6 Å². The highest BCUT2D eigenvalue weighted by Crippen LogP contribution is 2.26. The predicted molar refractivity (Wildman–Crippen MR) is 128 cm³/mol. The predicted octanol–water partition coefficient (Wildman–Crippen LogP) is 2.61. The second kappa shape index (κ2) is 11.5. The molecule has 0 radical (unpaired) electrons. The minimum atomic E-state index is -4.03. The van der Waals surface area contributed by atoms with Gasteiger partial charge >= 0.3 is 6.03 Å². The van der Waals surface area contributed by atoms with Gasteiger partial charge in [-0.05, 0) is 61.9 Å². The molecule has 0 atom stereocenters. The number of carbonyl (C=O) groups excluding carboxylic acids is 2. The lowest BCUT2D eigenvalue weighted by molar-refractivity contribution is 0.0951. The zero-order chi connectivity index (χ0) is 24.7. The quantitative estimate of drug-likeness (QED) is 0.432. The molecule has 0 saturated heterocycles. The Morgan fingerprint density at radius 2 is 1.76 bits per heavy atom. The first-order chi connectivity index (χ1) is 16.2. The fraction of sp³-hybridized carbons (Fsp3) is 0.391. The number of aliphatic hydroxyl groups is 1. The van der Waals surface area contributed by atoms with Gasteiger partial charge in [0.05, 0.1) is 28.7 Å². The molecule has 3 amide bonds. The summed E-state index contributed by atoms with van der Waals surface area (Å²) in [5, 5.41) is 15.2. The van der Waals surface area contributed by atoms with Gasteiger partial charge in [0.1, 0.15) is 5.75 Å².